The van der Waals surface area contributed by atoms with E-state index in [1.807, 2.05) is 26.8 Å². The van der Waals surface area contributed by atoms with Crippen LogP contribution in [0.4, 0.5) is 4.79 Å². The monoisotopic (exact) mass is 378 g/mol. The molecular formula is C12H12ClIN2O2. The summed E-state index contributed by atoms with van der Waals surface area (Å²) in [4.78, 5) is 16.1. The number of aromatic nitrogens is 2. The van der Waals surface area contributed by atoms with E-state index in [-0.39, 0.29) is 0 Å². The second-order valence-electron chi connectivity index (χ2n) is 4.83. The molecule has 0 spiro atoms. The van der Waals surface area contributed by atoms with Gasteiger partial charge in [0.25, 0.3) is 0 Å². The van der Waals surface area contributed by atoms with Gasteiger partial charge in [-0.25, -0.2) is 14.3 Å². The third kappa shape index (κ3) is 2.61. The van der Waals surface area contributed by atoms with E-state index >= 15 is 0 Å². The fourth-order valence-electron chi connectivity index (χ4n) is 1.55. The first kappa shape index (κ1) is 13.6. The van der Waals surface area contributed by atoms with Crippen molar-refractivity contribution in [2.75, 3.05) is 0 Å². The maximum atomic E-state index is 12.1. The summed E-state index contributed by atoms with van der Waals surface area (Å²) in [5.74, 6) is 0. The molecule has 2 aromatic heterocycles. The van der Waals surface area contributed by atoms with Gasteiger partial charge in [0, 0.05) is 21.4 Å². The number of fused-ring (bicyclic) bond motifs is 1. The lowest BCUT2D eigenvalue weighted by Crippen LogP contribution is -2.26. The van der Waals surface area contributed by atoms with Gasteiger partial charge in [0.15, 0.2) is 5.15 Å². The highest BCUT2D eigenvalue weighted by Crippen LogP contribution is 2.28. The van der Waals surface area contributed by atoms with E-state index in [0.717, 1.165) is 8.96 Å². The van der Waals surface area contributed by atoms with Crippen LogP contribution in [0.15, 0.2) is 18.5 Å². The second kappa shape index (κ2) is 4.70. The first-order valence-corrected chi connectivity index (χ1v) is 6.79. The lowest BCUT2D eigenvalue weighted by molar-refractivity contribution is 0.0544. The molecule has 0 aliphatic heterocycles. The van der Waals surface area contributed by atoms with E-state index in [1.54, 1.807) is 12.4 Å². The van der Waals surface area contributed by atoms with Gasteiger partial charge in [-0.2, -0.15) is 0 Å². The zero-order chi connectivity index (χ0) is 13.5. The van der Waals surface area contributed by atoms with Crippen LogP contribution in [0.2, 0.25) is 5.15 Å². The topological polar surface area (TPSA) is 44.1 Å². The maximum absolute atomic E-state index is 12.1. The van der Waals surface area contributed by atoms with Crippen molar-refractivity contribution in [2.45, 2.75) is 26.4 Å². The highest BCUT2D eigenvalue weighted by molar-refractivity contribution is 14.1. The molecule has 0 saturated heterocycles. The molecule has 4 nitrogen and oxygen atoms in total. The maximum Gasteiger partial charge on any atom is 0.419 e. The molecule has 0 radical (unpaired) electrons. The smallest absolute Gasteiger partial charge is 0.419 e. The van der Waals surface area contributed by atoms with Crippen molar-refractivity contribution < 1.29 is 9.53 Å². The molecule has 2 aromatic rings. The van der Waals surface area contributed by atoms with Gasteiger partial charge in [-0.3, -0.25) is 0 Å². The molecule has 18 heavy (non-hydrogen) atoms. The molecule has 6 heteroatoms. The SMILES string of the molecule is CC(C)(C)OC(=O)n1cc(I)c2ccnc(Cl)c21. The van der Waals surface area contributed by atoms with Gasteiger partial charge < -0.3 is 4.74 Å². The highest BCUT2D eigenvalue weighted by Gasteiger charge is 2.21. The first-order valence-electron chi connectivity index (χ1n) is 5.34. The summed E-state index contributed by atoms with van der Waals surface area (Å²) in [6.07, 6.45) is 2.87. The lowest BCUT2D eigenvalue weighted by Gasteiger charge is -2.19. The molecule has 96 valence electrons. The minimum atomic E-state index is -0.548. The minimum absolute atomic E-state index is 0.293. The van der Waals surface area contributed by atoms with Crippen LogP contribution >= 0.6 is 34.2 Å². The number of nitrogens with zero attached hydrogens (tertiary/aromatic N) is 2. The quantitative estimate of drug-likeness (QED) is 0.512. The molecule has 0 atom stereocenters. The normalized spacial score (nSPS) is 11.8. The van der Waals surface area contributed by atoms with Crippen LogP contribution in [0.25, 0.3) is 10.9 Å². The molecule has 0 unspecified atom stereocenters. The summed E-state index contributed by atoms with van der Waals surface area (Å²) >= 11 is 8.20. The van der Waals surface area contributed by atoms with Crippen molar-refractivity contribution in [3.8, 4) is 0 Å². The van der Waals surface area contributed by atoms with E-state index in [2.05, 4.69) is 27.6 Å². The van der Waals surface area contributed by atoms with E-state index in [9.17, 15) is 4.79 Å². The van der Waals surface area contributed by atoms with E-state index in [1.165, 1.54) is 4.57 Å². The predicted molar refractivity (Wildman–Crippen MR) is 79.1 cm³/mol. The van der Waals surface area contributed by atoms with Crippen LogP contribution < -0.4 is 0 Å². The number of ether oxygens (including phenoxy) is 1. The first-order chi connectivity index (χ1) is 8.29. The summed E-state index contributed by atoms with van der Waals surface area (Å²) in [5, 5.41) is 1.18. The summed E-state index contributed by atoms with van der Waals surface area (Å²) in [5.41, 5.74) is 0.0335. The standard InChI is InChI=1S/C12H12ClIN2O2/c1-12(2,3)18-11(17)16-6-8(14)7-4-5-15-10(13)9(7)16/h4-6H,1-3H3. The van der Waals surface area contributed by atoms with Crippen LogP contribution in [0.5, 0.6) is 0 Å². The van der Waals surface area contributed by atoms with Crippen molar-refractivity contribution in [1.82, 2.24) is 9.55 Å². The third-order valence-corrected chi connectivity index (χ3v) is 3.35. The van der Waals surface area contributed by atoms with Crippen LogP contribution in [-0.4, -0.2) is 21.2 Å². The van der Waals surface area contributed by atoms with E-state index in [4.69, 9.17) is 16.3 Å². The van der Waals surface area contributed by atoms with Gasteiger partial charge in [-0.15, -0.1) is 0 Å². The van der Waals surface area contributed by atoms with Crippen molar-refractivity contribution >= 4 is 51.2 Å². The molecule has 0 saturated carbocycles. The Morgan fingerprint density at radius 3 is 2.78 bits per heavy atom. The molecule has 0 aliphatic carbocycles. The second-order valence-corrected chi connectivity index (χ2v) is 6.35. The molecule has 0 aliphatic rings. The van der Waals surface area contributed by atoms with Crippen molar-refractivity contribution in [3.05, 3.63) is 27.2 Å². The van der Waals surface area contributed by atoms with Crippen LogP contribution in [0.1, 0.15) is 20.8 Å². The number of carbonyl (C=O) groups is 1. The number of carbonyl (C=O) groups excluding carboxylic acids is 1. The highest BCUT2D eigenvalue weighted by atomic mass is 127. The Balaban J connectivity index is 2.55. The Kier molecular flexibility index (Phi) is 3.55. The Bertz CT molecular complexity index is 616. The number of halogens is 2. The number of pyridine rings is 1. The number of hydrogen-bond acceptors (Lipinski definition) is 3. The minimum Gasteiger partial charge on any atom is -0.443 e. The van der Waals surface area contributed by atoms with Gasteiger partial charge in [0.2, 0.25) is 0 Å². The largest absolute Gasteiger partial charge is 0.443 e. The summed E-state index contributed by atoms with van der Waals surface area (Å²) in [7, 11) is 0. The van der Waals surface area contributed by atoms with E-state index < -0.39 is 11.7 Å². The Morgan fingerprint density at radius 1 is 1.50 bits per heavy atom. The Labute approximate surface area is 123 Å². The zero-order valence-electron chi connectivity index (χ0n) is 10.2. The summed E-state index contributed by atoms with van der Waals surface area (Å²) in [6.45, 7) is 5.46. The van der Waals surface area contributed by atoms with Crippen molar-refractivity contribution in [3.63, 3.8) is 0 Å². The number of hydrogen-bond donors (Lipinski definition) is 0. The van der Waals surface area contributed by atoms with Crippen LogP contribution in [0, 0.1) is 3.57 Å². The molecule has 0 fully saturated rings. The van der Waals surface area contributed by atoms with Crippen LogP contribution in [0.3, 0.4) is 0 Å². The lowest BCUT2D eigenvalue weighted by atomic mass is 10.2. The fourth-order valence-corrected chi connectivity index (χ4v) is 2.52. The van der Waals surface area contributed by atoms with Gasteiger partial charge >= 0.3 is 6.09 Å². The number of rotatable bonds is 0. The van der Waals surface area contributed by atoms with Gasteiger partial charge in [-0.05, 0) is 49.4 Å². The Morgan fingerprint density at radius 2 is 2.17 bits per heavy atom. The van der Waals surface area contributed by atoms with Crippen molar-refractivity contribution in [1.29, 1.82) is 0 Å². The molecule has 2 heterocycles. The van der Waals surface area contributed by atoms with Crippen LogP contribution in [-0.2, 0) is 4.74 Å². The van der Waals surface area contributed by atoms with Gasteiger partial charge in [-0.1, -0.05) is 11.6 Å². The summed E-state index contributed by atoms with van der Waals surface area (Å²) in [6, 6.07) is 1.82. The average molecular weight is 379 g/mol. The van der Waals surface area contributed by atoms with Crippen molar-refractivity contribution in [2.24, 2.45) is 0 Å². The van der Waals surface area contributed by atoms with Gasteiger partial charge in [0.1, 0.15) is 5.60 Å². The summed E-state index contributed by atoms with van der Waals surface area (Å²) < 4.78 is 7.66. The average Bonchev–Trinajstić information content (AvgIpc) is 2.56. The fraction of sp³-hybridized carbons (Fsp3) is 0.333. The molecule has 2 rings (SSSR count). The predicted octanol–water partition coefficient (Wildman–Crippen LogP) is 4.08. The molecular weight excluding hydrogens is 367 g/mol. The molecule has 0 N–H and O–H groups in total. The molecule has 0 amide bonds. The zero-order valence-corrected chi connectivity index (χ0v) is 13.1. The Hall–Kier alpha value is -0.820. The van der Waals surface area contributed by atoms with Gasteiger partial charge in [0.05, 0.1) is 5.52 Å². The molecule has 0 bridgehead atoms. The third-order valence-electron chi connectivity index (χ3n) is 2.21. The molecule has 0 aromatic carbocycles. The van der Waals surface area contributed by atoms with E-state index in [0.29, 0.717) is 10.7 Å².